The first-order chi connectivity index (χ1) is 10.2. The van der Waals surface area contributed by atoms with Crippen molar-refractivity contribution in [1.82, 2.24) is 15.0 Å². The van der Waals surface area contributed by atoms with E-state index in [1.165, 1.54) is 0 Å². The zero-order valence-corrected chi connectivity index (χ0v) is 12.4. The average molecular weight is 299 g/mol. The predicted molar refractivity (Wildman–Crippen MR) is 86.1 cm³/mol. The molecule has 0 atom stereocenters. The number of aromatic nitrogens is 3. The Labute approximate surface area is 128 Å². The predicted octanol–water partition coefficient (Wildman–Crippen LogP) is 4.37. The zero-order chi connectivity index (χ0) is 14.7. The van der Waals surface area contributed by atoms with E-state index in [9.17, 15) is 0 Å². The molecule has 0 unspecified atom stereocenters. The molecular formula is C16H15ClN4. The molecule has 0 aliphatic heterocycles. The first-order valence-electron chi connectivity index (χ1n) is 6.90. The quantitative estimate of drug-likeness (QED) is 0.726. The van der Waals surface area contributed by atoms with Gasteiger partial charge in [-0.25, -0.2) is 9.97 Å². The Morgan fingerprint density at radius 2 is 2.05 bits per heavy atom. The third kappa shape index (κ3) is 3.28. The summed E-state index contributed by atoms with van der Waals surface area (Å²) < 4.78 is 0. The van der Waals surface area contributed by atoms with Gasteiger partial charge < -0.3 is 5.32 Å². The number of anilines is 2. The number of hydrogen-bond donors (Lipinski definition) is 1. The highest BCUT2D eigenvalue weighted by Gasteiger charge is 2.04. The molecule has 0 bridgehead atoms. The van der Waals surface area contributed by atoms with Crippen molar-refractivity contribution >= 4 is 34.0 Å². The number of pyridine rings is 1. The summed E-state index contributed by atoms with van der Waals surface area (Å²) in [5.41, 5.74) is 1.92. The van der Waals surface area contributed by atoms with Gasteiger partial charge in [-0.3, -0.25) is 4.98 Å². The topological polar surface area (TPSA) is 50.7 Å². The second-order valence-electron chi connectivity index (χ2n) is 4.78. The van der Waals surface area contributed by atoms with Crippen LogP contribution in [0.25, 0.3) is 10.9 Å². The SMILES string of the molecule is CCCc1nc(Cl)cc(Nc2ccc3ncccc3c2)n1. The average Bonchev–Trinajstić information content (AvgIpc) is 2.47. The highest BCUT2D eigenvalue weighted by molar-refractivity contribution is 6.29. The van der Waals surface area contributed by atoms with Gasteiger partial charge in [0.2, 0.25) is 0 Å². The maximum Gasteiger partial charge on any atom is 0.135 e. The summed E-state index contributed by atoms with van der Waals surface area (Å²) in [6, 6.07) is 11.7. The van der Waals surface area contributed by atoms with Crippen LogP contribution in [0.15, 0.2) is 42.6 Å². The summed E-state index contributed by atoms with van der Waals surface area (Å²) in [4.78, 5) is 13.0. The van der Waals surface area contributed by atoms with Crippen LogP contribution in [0.1, 0.15) is 19.2 Å². The monoisotopic (exact) mass is 298 g/mol. The molecular weight excluding hydrogens is 284 g/mol. The number of hydrogen-bond acceptors (Lipinski definition) is 4. The summed E-state index contributed by atoms with van der Waals surface area (Å²) in [5.74, 6) is 1.47. The summed E-state index contributed by atoms with van der Waals surface area (Å²) in [6.45, 7) is 2.09. The molecule has 21 heavy (non-hydrogen) atoms. The fourth-order valence-corrected chi connectivity index (χ4v) is 2.37. The van der Waals surface area contributed by atoms with Crippen LogP contribution in [-0.2, 0) is 6.42 Å². The number of aryl methyl sites for hydroxylation is 1. The van der Waals surface area contributed by atoms with E-state index in [1.807, 2.05) is 30.3 Å². The van der Waals surface area contributed by atoms with Crippen molar-refractivity contribution in [2.45, 2.75) is 19.8 Å². The second-order valence-corrected chi connectivity index (χ2v) is 5.17. The number of nitrogens with one attached hydrogen (secondary N) is 1. The van der Waals surface area contributed by atoms with Crippen LogP contribution in [0.2, 0.25) is 5.15 Å². The number of rotatable bonds is 4. The molecule has 0 radical (unpaired) electrons. The zero-order valence-electron chi connectivity index (χ0n) is 11.7. The van der Waals surface area contributed by atoms with Crippen LogP contribution in [0.5, 0.6) is 0 Å². The van der Waals surface area contributed by atoms with E-state index in [4.69, 9.17) is 11.6 Å². The molecule has 0 saturated heterocycles. The lowest BCUT2D eigenvalue weighted by molar-refractivity contribution is 0.837. The number of halogens is 1. The van der Waals surface area contributed by atoms with E-state index in [0.29, 0.717) is 11.0 Å². The fraction of sp³-hybridized carbons (Fsp3) is 0.188. The highest BCUT2D eigenvalue weighted by atomic mass is 35.5. The Balaban J connectivity index is 1.90. The molecule has 3 aromatic rings. The van der Waals surface area contributed by atoms with Gasteiger partial charge in [0.15, 0.2) is 0 Å². The van der Waals surface area contributed by atoms with Gasteiger partial charge in [0.25, 0.3) is 0 Å². The standard InChI is InChI=1S/C16H15ClN4/c1-2-4-15-20-14(17)10-16(21-15)19-12-6-7-13-11(9-12)5-3-8-18-13/h3,5-10H,2,4H2,1H3,(H,19,20,21). The van der Waals surface area contributed by atoms with Crippen molar-refractivity contribution < 1.29 is 0 Å². The molecule has 4 nitrogen and oxygen atoms in total. The van der Waals surface area contributed by atoms with E-state index < -0.39 is 0 Å². The molecule has 2 heterocycles. The molecule has 3 rings (SSSR count). The van der Waals surface area contributed by atoms with Crippen molar-refractivity contribution in [1.29, 1.82) is 0 Å². The molecule has 0 aliphatic carbocycles. The normalized spacial score (nSPS) is 10.8. The lowest BCUT2D eigenvalue weighted by Crippen LogP contribution is -2.00. The number of benzene rings is 1. The molecule has 0 fully saturated rings. The second kappa shape index (κ2) is 6.06. The van der Waals surface area contributed by atoms with Crippen LogP contribution in [-0.4, -0.2) is 15.0 Å². The van der Waals surface area contributed by atoms with Crippen LogP contribution < -0.4 is 5.32 Å². The molecule has 0 amide bonds. The molecule has 1 aromatic carbocycles. The van der Waals surface area contributed by atoms with Gasteiger partial charge in [0.05, 0.1) is 5.52 Å². The minimum absolute atomic E-state index is 0.457. The Morgan fingerprint density at radius 1 is 1.14 bits per heavy atom. The highest BCUT2D eigenvalue weighted by Crippen LogP contribution is 2.21. The molecule has 5 heteroatoms. The van der Waals surface area contributed by atoms with Gasteiger partial charge in [-0.05, 0) is 30.7 Å². The molecule has 0 spiro atoms. The van der Waals surface area contributed by atoms with E-state index in [-0.39, 0.29) is 0 Å². The van der Waals surface area contributed by atoms with Gasteiger partial charge in [-0.15, -0.1) is 0 Å². The first-order valence-corrected chi connectivity index (χ1v) is 7.27. The van der Waals surface area contributed by atoms with Crippen LogP contribution in [0.4, 0.5) is 11.5 Å². The van der Waals surface area contributed by atoms with Gasteiger partial charge in [0, 0.05) is 29.8 Å². The molecule has 106 valence electrons. The number of fused-ring (bicyclic) bond motifs is 1. The van der Waals surface area contributed by atoms with Crippen molar-refractivity contribution in [3.05, 3.63) is 53.6 Å². The molecule has 0 saturated carbocycles. The maximum atomic E-state index is 6.05. The van der Waals surface area contributed by atoms with Crippen molar-refractivity contribution in [2.75, 3.05) is 5.32 Å². The Hall–Kier alpha value is -2.20. The van der Waals surface area contributed by atoms with Gasteiger partial charge in [-0.2, -0.15) is 0 Å². The summed E-state index contributed by atoms with van der Waals surface area (Å²) >= 11 is 6.05. The smallest absolute Gasteiger partial charge is 0.135 e. The lowest BCUT2D eigenvalue weighted by Gasteiger charge is -2.08. The summed E-state index contributed by atoms with van der Waals surface area (Å²) in [5, 5.41) is 4.81. The third-order valence-corrected chi connectivity index (χ3v) is 3.28. The fourth-order valence-electron chi connectivity index (χ4n) is 2.17. The van der Waals surface area contributed by atoms with Gasteiger partial charge in [0.1, 0.15) is 16.8 Å². The first kappa shape index (κ1) is 13.8. The Bertz CT molecular complexity index is 773. The van der Waals surface area contributed by atoms with Crippen molar-refractivity contribution in [2.24, 2.45) is 0 Å². The van der Waals surface area contributed by atoms with Crippen molar-refractivity contribution in [3.8, 4) is 0 Å². The van der Waals surface area contributed by atoms with E-state index in [1.54, 1.807) is 12.3 Å². The Morgan fingerprint density at radius 3 is 2.90 bits per heavy atom. The van der Waals surface area contributed by atoms with Gasteiger partial charge in [-0.1, -0.05) is 24.6 Å². The van der Waals surface area contributed by atoms with Crippen molar-refractivity contribution in [3.63, 3.8) is 0 Å². The molecule has 1 N–H and O–H groups in total. The largest absolute Gasteiger partial charge is 0.340 e. The summed E-state index contributed by atoms with van der Waals surface area (Å²) in [7, 11) is 0. The van der Waals surface area contributed by atoms with Crippen LogP contribution in [0.3, 0.4) is 0 Å². The minimum atomic E-state index is 0.457. The third-order valence-electron chi connectivity index (χ3n) is 3.09. The number of nitrogens with zero attached hydrogens (tertiary/aromatic N) is 3. The van der Waals surface area contributed by atoms with Crippen LogP contribution >= 0.6 is 11.6 Å². The summed E-state index contributed by atoms with van der Waals surface area (Å²) in [6.07, 6.45) is 3.59. The van der Waals surface area contributed by atoms with Gasteiger partial charge >= 0.3 is 0 Å². The lowest BCUT2D eigenvalue weighted by atomic mass is 10.2. The Kier molecular flexibility index (Phi) is 3.97. The van der Waals surface area contributed by atoms with Crippen LogP contribution in [0, 0.1) is 0 Å². The minimum Gasteiger partial charge on any atom is -0.340 e. The van der Waals surface area contributed by atoms with E-state index in [2.05, 4.69) is 27.2 Å². The molecule has 0 aliphatic rings. The maximum absolute atomic E-state index is 6.05. The van der Waals surface area contributed by atoms with E-state index >= 15 is 0 Å². The molecule has 2 aromatic heterocycles. The van der Waals surface area contributed by atoms with E-state index in [0.717, 1.165) is 35.3 Å².